The average molecular weight is 455 g/mol. The van der Waals surface area contributed by atoms with Crippen LogP contribution in [0.1, 0.15) is 18.9 Å². The molecule has 0 heterocycles. The minimum absolute atomic E-state index is 0.301. The molecule has 0 spiro atoms. The van der Waals surface area contributed by atoms with Crippen LogP contribution in [0, 0.1) is 17.5 Å². The third-order valence-corrected chi connectivity index (χ3v) is 4.21. The monoisotopic (exact) mass is 454 g/mol. The Bertz CT molecular complexity index is 903. The molecule has 0 atom stereocenters. The van der Waals surface area contributed by atoms with Gasteiger partial charge in [0.2, 0.25) is 11.8 Å². The van der Waals surface area contributed by atoms with Gasteiger partial charge < -0.3 is 10.2 Å². The highest BCUT2D eigenvalue weighted by molar-refractivity contribution is 9.10. The summed E-state index contributed by atoms with van der Waals surface area (Å²) in [4.78, 5) is 25.8. The highest BCUT2D eigenvalue weighted by Gasteiger charge is 2.18. The second-order valence-electron chi connectivity index (χ2n) is 5.92. The number of carbonyl (C=O) groups is 2. The molecule has 0 bridgehead atoms. The molecule has 0 unspecified atom stereocenters. The minimum atomic E-state index is -1.67. The number of rotatable bonds is 7. The molecular formula is C20H18BrF3N2O2. The summed E-state index contributed by atoms with van der Waals surface area (Å²) in [5.41, 5.74) is 0.310. The number of halogens is 4. The lowest BCUT2D eigenvalue weighted by Gasteiger charge is -2.20. The Hall–Kier alpha value is -2.61. The average Bonchev–Trinajstić information content (AvgIpc) is 2.66. The summed E-state index contributed by atoms with van der Waals surface area (Å²) in [6.45, 7) is 1.79. The van der Waals surface area contributed by atoms with Crippen LogP contribution in [0.5, 0.6) is 0 Å². The van der Waals surface area contributed by atoms with Gasteiger partial charge in [-0.25, -0.2) is 13.2 Å². The molecule has 0 aliphatic heterocycles. The molecule has 2 rings (SSSR count). The quantitative estimate of drug-likeness (QED) is 0.484. The summed E-state index contributed by atoms with van der Waals surface area (Å²) in [6, 6.07) is 8.95. The van der Waals surface area contributed by atoms with Crippen LogP contribution in [0.15, 0.2) is 46.9 Å². The first-order chi connectivity index (χ1) is 13.3. The Balaban J connectivity index is 2.06. The van der Waals surface area contributed by atoms with Gasteiger partial charge in [-0.15, -0.1) is 0 Å². The summed E-state index contributed by atoms with van der Waals surface area (Å²) in [6.07, 6.45) is 3.55. The molecule has 8 heteroatoms. The standard InChI is InChI=1S/C20H18BrF3N2O2/c1-2-10-26(18(28)9-6-13-4-3-5-14(21)11-13)12-17(27)25-16-8-7-15(22)19(23)20(16)24/h3-9,11H,2,10,12H2,1H3,(H,25,27)/b9-6+. The molecule has 2 amide bonds. The predicted molar refractivity (Wildman–Crippen MR) is 105 cm³/mol. The third kappa shape index (κ3) is 5.95. The van der Waals surface area contributed by atoms with Crippen molar-refractivity contribution in [3.8, 4) is 0 Å². The lowest BCUT2D eigenvalue weighted by atomic mass is 10.2. The van der Waals surface area contributed by atoms with Gasteiger partial charge in [0, 0.05) is 17.1 Å². The van der Waals surface area contributed by atoms with E-state index in [1.54, 1.807) is 6.08 Å². The Morgan fingerprint density at radius 2 is 1.89 bits per heavy atom. The molecule has 2 aromatic rings. The highest BCUT2D eigenvalue weighted by atomic mass is 79.9. The molecule has 0 saturated carbocycles. The molecule has 0 fully saturated rings. The number of nitrogens with zero attached hydrogens (tertiary/aromatic N) is 1. The van der Waals surface area contributed by atoms with Crippen LogP contribution in [0.4, 0.5) is 18.9 Å². The van der Waals surface area contributed by atoms with Gasteiger partial charge in [-0.3, -0.25) is 9.59 Å². The molecule has 0 aromatic heterocycles. The number of nitrogens with one attached hydrogen (secondary N) is 1. The van der Waals surface area contributed by atoms with Gasteiger partial charge in [-0.05, 0) is 42.3 Å². The normalized spacial score (nSPS) is 10.9. The van der Waals surface area contributed by atoms with E-state index in [2.05, 4.69) is 21.2 Å². The number of carbonyl (C=O) groups excluding carboxylic acids is 2. The number of amides is 2. The Morgan fingerprint density at radius 3 is 2.57 bits per heavy atom. The third-order valence-electron chi connectivity index (χ3n) is 3.72. The van der Waals surface area contributed by atoms with Crippen molar-refractivity contribution in [3.05, 3.63) is 70.0 Å². The molecule has 148 valence electrons. The zero-order chi connectivity index (χ0) is 20.7. The summed E-state index contributed by atoms with van der Waals surface area (Å²) >= 11 is 3.34. The van der Waals surface area contributed by atoms with E-state index in [1.165, 1.54) is 11.0 Å². The molecule has 0 saturated heterocycles. The van der Waals surface area contributed by atoms with Crippen LogP contribution in [0.3, 0.4) is 0 Å². The molecule has 2 aromatic carbocycles. The van der Waals surface area contributed by atoms with Crippen molar-refractivity contribution >= 4 is 39.5 Å². The highest BCUT2D eigenvalue weighted by Crippen LogP contribution is 2.19. The zero-order valence-corrected chi connectivity index (χ0v) is 16.6. The maximum atomic E-state index is 13.7. The Kier molecular flexibility index (Phi) is 7.80. The number of hydrogen-bond donors (Lipinski definition) is 1. The van der Waals surface area contributed by atoms with Crippen LogP contribution in [0.25, 0.3) is 6.08 Å². The Labute approximate surface area is 169 Å². The molecule has 1 N–H and O–H groups in total. The van der Waals surface area contributed by atoms with Crippen LogP contribution in [0.2, 0.25) is 0 Å². The fourth-order valence-corrected chi connectivity index (χ4v) is 2.82. The summed E-state index contributed by atoms with van der Waals surface area (Å²) in [7, 11) is 0. The van der Waals surface area contributed by atoms with Crippen molar-refractivity contribution in [2.24, 2.45) is 0 Å². The van der Waals surface area contributed by atoms with Gasteiger partial charge in [0.15, 0.2) is 17.5 Å². The van der Waals surface area contributed by atoms with Gasteiger partial charge in [0.05, 0.1) is 5.69 Å². The van der Waals surface area contributed by atoms with Crippen molar-refractivity contribution in [2.45, 2.75) is 13.3 Å². The number of benzene rings is 2. The zero-order valence-electron chi connectivity index (χ0n) is 15.0. The second-order valence-corrected chi connectivity index (χ2v) is 6.83. The van der Waals surface area contributed by atoms with E-state index in [4.69, 9.17) is 0 Å². The van der Waals surface area contributed by atoms with Crippen LogP contribution in [-0.4, -0.2) is 29.8 Å². The smallest absolute Gasteiger partial charge is 0.247 e. The first-order valence-electron chi connectivity index (χ1n) is 8.47. The molecule has 4 nitrogen and oxygen atoms in total. The Morgan fingerprint density at radius 1 is 1.14 bits per heavy atom. The largest absolute Gasteiger partial charge is 0.330 e. The molecule has 0 aliphatic carbocycles. The predicted octanol–water partition coefficient (Wildman–Crippen LogP) is 4.76. The maximum absolute atomic E-state index is 13.7. The second kappa shape index (κ2) is 10.1. The van der Waals surface area contributed by atoms with Gasteiger partial charge in [0.25, 0.3) is 0 Å². The lowest BCUT2D eigenvalue weighted by molar-refractivity contribution is -0.130. The summed E-state index contributed by atoms with van der Waals surface area (Å²) in [5.74, 6) is -5.63. The van der Waals surface area contributed by atoms with E-state index >= 15 is 0 Å². The van der Waals surface area contributed by atoms with E-state index in [1.807, 2.05) is 31.2 Å². The van der Waals surface area contributed by atoms with Crippen molar-refractivity contribution in [2.75, 3.05) is 18.4 Å². The fourth-order valence-electron chi connectivity index (χ4n) is 2.41. The van der Waals surface area contributed by atoms with Crippen molar-refractivity contribution in [1.29, 1.82) is 0 Å². The topological polar surface area (TPSA) is 49.4 Å². The summed E-state index contributed by atoms with van der Waals surface area (Å²) < 4.78 is 40.8. The van der Waals surface area contributed by atoms with Crippen molar-refractivity contribution in [1.82, 2.24) is 4.90 Å². The molecule has 0 radical (unpaired) electrons. The van der Waals surface area contributed by atoms with E-state index in [9.17, 15) is 22.8 Å². The number of anilines is 1. The minimum Gasteiger partial charge on any atom is -0.330 e. The number of hydrogen-bond acceptors (Lipinski definition) is 2. The molecule has 28 heavy (non-hydrogen) atoms. The van der Waals surface area contributed by atoms with Crippen LogP contribution in [-0.2, 0) is 9.59 Å². The van der Waals surface area contributed by atoms with Gasteiger partial charge in [-0.1, -0.05) is 35.0 Å². The lowest BCUT2D eigenvalue weighted by Crippen LogP contribution is -2.37. The van der Waals surface area contributed by atoms with Gasteiger partial charge >= 0.3 is 0 Å². The SMILES string of the molecule is CCCN(CC(=O)Nc1ccc(F)c(F)c1F)C(=O)/C=C/c1cccc(Br)c1. The fraction of sp³-hybridized carbons (Fsp3) is 0.200. The van der Waals surface area contributed by atoms with Crippen molar-refractivity contribution in [3.63, 3.8) is 0 Å². The van der Waals surface area contributed by atoms with Gasteiger partial charge in [-0.2, -0.15) is 0 Å². The van der Waals surface area contributed by atoms with Crippen molar-refractivity contribution < 1.29 is 22.8 Å². The van der Waals surface area contributed by atoms with E-state index in [0.29, 0.717) is 19.0 Å². The van der Waals surface area contributed by atoms with E-state index in [0.717, 1.165) is 16.1 Å². The molecule has 0 aliphatic rings. The van der Waals surface area contributed by atoms with Gasteiger partial charge in [0.1, 0.15) is 6.54 Å². The van der Waals surface area contributed by atoms with E-state index < -0.39 is 35.0 Å². The maximum Gasteiger partial charge on any atom is 0.247 e. The summed E-state index contributed by atoms with van der Waals surface area (Å²) in [5, 5.41) is 2.16. The van der Waals surface area contributed by atoms with Crippen LogP contribution < -0.4 is 5.32 Å². The van der Waals surface area contributed by atoms with E-state index in [-0.39, 0.29) is 6.54 Å². The molecular weight excluding hydrogens is 437 g/mol. The first-order valence-corrected chi connectivity index (χ1v) is 9.27. The van der Waals surface area contributed by atoms with Crippen LogP contribution >= 0.6 is 15.9 Å². The first kappa shape index (κ1) is 21.7.